The van der Waals surface area contributed by atoms with Crippen molar-refractivity contribution in [1.29, 1.82) is 0 Å². The molecule has 3 heteroatoms. The summed E-state index contributed by atoms with van der Waals surface area (Å²) in [7, 11) is 2.12. The van der Waals surface area contributed by atoms with E-state index in [1.165, 1.54) is 5.56 Å². The van der Waals surface area contributed by atoms with Crippen molar-refractivity contribution in [2.45, 2.75) is 39.8 Å². The van der Waals surface area contributed by atoms with Gasteiger partial charge >= 0.3 is 0 Å². The average Bonchev–Trinajstić information content (AvgIpc) is 2.24. The summed E-state index contributed by atoms with van der Waals surface area (Å²) in [4.78, 5) is 2.29. The van der Waals surface area contributed by atoms with Gasteiger partial charge in [0.05, 0.1) is 0 Å². The molecule has 1 unspecified atom stereocenters. The molecule has 1 aromatic rings. The first kappa shape index (κ1) is 15.5. The molecule has 2 nitrogen and oxygen atoms in total. The van der Waals surface area contributed by atoms with Crippen molar-refractivity contribution in [3.8, 4) is 0 Å². The van der Waals surface area contributed by atoms with Gasteiger partial charge in [-0.05, 0) is 43.1 Å². The lowest BCUT2D eigenvalue weighted by Gasteiger charge is -2.28. The summed E-state index contributed by atoms with van der Waals surface area (Å²) < 4.78 is 0. The zero-order valence-corrected chi connectivity index (χ0v) is 12.7. The Hall–Kier alpha value is -0.570. The van der Waals surface area contributed by atoms with Crippen molar-refractivity contribution in [1.82, 2.24) is 4.90 Å². The largest absolute Gasteiger partial charge is 0.327 e. The minimum atomic E-state index is 0.177. The number of nitrogens with zero attached hydrogens (tertiary/aromatic N) is 1. The summed E-state index contributed by atoms with van der Waals surface area (Å²) in [6.45, 7) is 8.49. The molecule has 0 aliphatic rings. The lowest BCUT2D eigenvalue weighted by molar-refractivity contribution is 0.251. The lowest BCUT2D eigenvalue weighted by Crippen LogP contribution is -2.37. The van der Waals surface area contributed by atoms with Crippen LogP contribution >= 0.6 is 11.6 Å². The second-order valence-corrected chi connectivity index (χ2v) is 6.57. The van der Waals surface area contributed by atoms with E-state index in [0.29, 0.717) is 0 Å². The molecule has 1 aromatic carbocycles. The molecule has 0 aliphatic heterocycles. The zero-order valence-electron chi connectivity index (χ0n) is 11.9. The highest BCUT2D eigenvalue weighted by Gasteiger charge is 2.20. The van der Waals surface area contributed by atoms with E-state index in [1.54, 1.807) is 0 Å². The van der Waals surface area contributed by atoms with Gasteiger partial charge in [0.2, 0.25) is 0 Å². The van der Waals surface area contributed by atoms with Crippen molar-refractivity contribution < 1.29 is 0 Å². The molecular formula is C15H25ClN2. The van der Waals surface area contributed by atoms with Gasteiger partial charge in [-0.1, -0.05) is 44.5 Å². The third kappa shape index (κ3) is 5.38. The Bertz CT molecular complexity index is 371. The number of hydrogen-bond donors (Lipinski definition) is 1. The Balaban J connectivity index is 2.41. The molecule has 102 valence electrons. The molecule has 1 rings (SSSR count). The molecule has 0 aromatic heterocycles. The molecule has 0 heterocycles. The van der Waals surface area contributed by atoms with E-state index in [-0.39, 0.29) is 11.5 Å². The number of benzene rings is 1. The van der Waals surface area contributed by atoms with E-state index >= 15 is 0 Å². The van der Waals surface area contributed by atoms with Gasteiger partial charge in [-0.3, -0.25) is 0 Å². The zero-order chi connectivity index (χ0) is 13.8. The van der Waals surface area contributed by atoms with Gasteiger partial charge < -0.3 is 10.6 Å². The van der Waals surface area contributed by atoms with Crippen LogP contribution in [0.3, 0.4) is 0 Å². The second-order valence-electron chi connectivity index (χ2n) is 6.13. The molecule has 0 saturated heterocycles. The van der Waals surface area contributed by atoms with E-state index in [9.17, 15) is 0 Å². The number of hydrogen-bond acceptors (Lipinski definition) is 2. The van der Waals surface area contributed by atoms with Gasteiger partial charge in [0, 0.05) is 17.6 Å². The van der Waals surface area contributed by atoms with Gasteiger partial charge in [0.15, 0.2) is 0 Å². The van der Waals surface area contributed by atoms with Gasteiger partial charge in [0.25, 0.3) is 0 Å². The van der Waals surface area contributed by atoms with Crippen LogP contribution in [0.5, 0.6) is 0 Å². The Morgan fingerprint density at radius 2 is 2.00 bits per heavy atom. The van der Waals surface area contributed by atoms with Crippen LogP contribution in [0.2, 0.25) is 5.02 Å². The van der Waals surface area contributed by atoms with E-state index in [4.69, 9.17) is 17.3 Å². The minimum Gasteiger partial charge on any atom is -0.327 e. The normalized spacial score (nSPS) is 13.9. The van der Waals surface area contributed by atoms with E-state index in [1.807, 2.05) is 18.2 Å². The first-order valence-corrected chi connectivity index (χ1v) is 6.85. The molecule has 0 amide bonds. The quantitative estimate of drug-likeness (QED) is 0.885. The predicted molar refractivity (Wildman–Crippen MR) is 79.8 cm³/mol. The summed E-state index contributed by atoms with van der Waals surface area (Å²) in [5.41, 5.74) is 7.59. The number of halogens is 1. The minimum absolute atomic E-state index is 0.177. The summed E-state index contributed by atoms with van der Waals surface area (Å²) in [5.74, 6) is 0. The van der Waals surface area contributed by atoms with Crippen molar-refractivity contribution in [2.75, 3.05) is 13.6 Å². The highest BCUT2D eigenvalue weighted by molar-refractivity contribution is 6.30. The maximum absolute atomic E-state index is 6.17. The molecule has 0 radical (unpaired) electrons. The first-order valence-electron chi connectivity index (χ1n) is 6.47. The smallest absolute Gasteiger partial charge is 0.0409 e. The van der Waals surface area contributed by atoms with E-state index in [2.05, 4.69) is 38.8 Å². The summed E-state index contributed by atoms with van der Waals surface area (Å²) in [6, 6.07) is 8.25. The molecule has 0 saturated carbocycles. The van der Waals surface area contributed by atoms with Crippen molar-refractivity contribution in [3.05, 3.63) is 34.9 Å². The van der Waals surface area contributed by atoms with Crippen LogP contribution in [0.25, 0.3) is 0 Å². The monoisotopic (exact) mass is 268 g/mol. The highest BCUT2D eigenvalue weighted by Crippen LogP contribution is 2.20. The fraction of sp³-hybridized carbons (Fsp3) is 0.600. The lowest BCUT2D eigenvalue weighted by atomic mass is 9.85. The molecule has 0 bridgehead atoms. The van der Waals surface area contributed by atoms with Gasteiger partial charge in [-0.25, -0.2) is 0 Å². The molecule has 2 N–H and O–H groups in total. The van der Waals surface area contributed by atoms with Crippen LogP contribution in [0, 0.1) is 5.41 Å². The standard InChI is InChI=1S/C15H25ClN2/c1-15(2,3)14(17)8-9-18(4)11-12-6-5-7-13(16)10-12/h5-7,10,14H,8-9,11,17H2,1-4H3. The Morgan fingerprint density at radius 1 is 1.33 bits per heavy atom. The second kappa shape index (κ2) is 6.55. The fourth-order valence-electron chi connectivity index (χ4n) is 1.82. The van der Waals surface area contributed by atoms with Crippen molar-refractivity contribution in [2.24, 2.45) is 11.1 Å². The topological polar surface area (TPSA) is 29.3 Å². The molecule has 0 spiro atoms. The molecule has 0 fully saturated rings. The third-order valence-corrected chi connectivity index (χ3v) is 3.51. The maximum atomic E-state index is 6.17. The summed E-state index contributed by atoms with van der Waals surface area (Å²) in [6.07, 6.45) is 1.01. The number of nitrogens with two attached hydrogens (primary N) is 1. The van der Waals surface area contributed by atoms with Crippen molar-refractivity contribution >= 4 is 11.6 Å². The average molecular weight is 269 g/mol. The maximum Gasteiger partial charge on any atom is 0.0409 e. The Morgan fingerprint density at radius 3 is 2.56 bits per heavy atom. The van der Waals surface area contributed by atoms with Crippen LogP contribution in [0.1, 0.15) is 32.8 Å². The van der Waals surface area contributed by atoms with Crippen LogP contribution < -0.4 is 5.73 Å². The Kier molecular flexibility index (Phi) is 5.64. The summed E-state index contributed by atoms with van der Waals surface area (Å²) >= 11 is 5.98. The Labute approximate surface area is 116 Å². The van der Waals surface area contributed by atoms with Gasteiger partial charge in [-0.2, -0.15) is 0 Å². The van der Waals surface area contributed by atoms with Gasteiger partial charge in [-0.15, -0.1) is 0 Å². The van der Waals surface area contributed by atoms with Crippen LogP contribution in [-0.2, 0) is 6.54 Å². The highest BCUT2D eigenvalue weighted by atomic mass is 35.5. The molecule has 18 heavy (non-hydrogen) atoms. The molecular weight excluding hydrogens is 244 g/mol. The first-order chi connectivity index (χ1) is 8.29. The predicted octanol–water partition coefficient (Wildman–Crippen LogP) is 3.54. The third-order valence-electron chi connectivity index (χ3n) is 3.28. The van der Waals surface area contributed by atoms with Crippen molar-refractivity contribution in [3.63, 3.8) is 0 Å². The van der Waals surface area contributed by atoms with Crippen LogP contribution in [-0.4, -0.2) is 24.5 Å². The molecule has 1 atom stereocenters. The SMILES string of the molecule is CN(CCC(N)C(C)(C)C)Cc1cccc(Cl)c1. The fourth-order valence-corrected chi connectivity index (χ4v) is 2.03. The van der Waals surface area contributed by atoms with Crippen LogP contribution in [0.4, 0.5) is 0 Å². The van der Waals surface area contributed by atoms with Crippen LogP contribution in [0.15, 0.2) is 24.3 Å². The number of rotatable bonds is 5. The van der Waals surface area contributed by atoms with Gasteiger partial charge in [0.1, 0.15) is 0 Å². The molecule has 0 aliphatic carbocycles. The van der Waals surface area contributed by atoms with E-state index < -0.39 is 0 Å². The van der Waals surface area contributed by atoms with E-state index in [0.717, 1.165) is 24.5 Å². The summed E-state index contributed by atoms with van der Waals surface area (Å²) in [5, 5.41) is 0.798.